The third kappa shape index (κ3) is 3.55. The van der Waals surface area contributed by atoms with Crippen LogP contribution in [-0.4, -0.2) is 49.4 Å². The lowest BCUT2D eigenvalue weighted by atomic mass is 10.1. The number of anilines is 1. The molecule has 0 unspecified atom stereocenters. The Bertz CT molecular complexity index is 544. The van der Waals surface area contributed by atoms with E-state index in [2.05, 4.69) is 11.0 Å². The molecule has 2 aliphatic rings. The molecule has 0 N–H and O–H groups in total. The zero-order chi connectivity index (χ0) is 15.7. The van der Waals surface area contributed by atoms with Crippen LogP contribution in [0.15, 0.2) is 6.07 Å². The van der Waals surface area contributed by atoms with Gasteiger partial charge in [-0.05, 0) is 38.8 Å². The van der Waals surface area contributed by atoms with Crippen LogP contribution in [0.5, 0.6) is 0 Å². The van der Waals surface area contributed by atoms with Crippen LogP contribution in [0, 0.1) is 0 Å². The van der Waals surface area contributed by atoms with Gasteiger partial charge in [-0.2, -0.15) is 0 Å². The summed E-state index contributed by atoms with van der Waals surface area (Å²) in [5, 5.41) is 1.30. The van der Waals surface area contributed by atoms with Gasteiger partial charge in [-0.3, -0.25) is 0 Å². The number of nitrogens with zero attached hydrogens (tertiary/aromatic N) is 2. The zero-order valence-electron chi connectivity index (χ0n) is 13.6. The third-order valence-corrected chi connectivity index (χ3v) is 5.13. The molecule has 5 nitrogen and oxygen atoms in total. The number of carbonyl (C=O) groups is 1. The predicted octanol–water partition coefficient (Wildman–Crippen LogP) is 2.88. The molecule has 0 atom stereocenters. The van der Waals surface area contributed by atoms with Crippen molar-refractivity contribution < 1.29 is 14.3 Å². The smallest absolute Gasteiger partial charge is 0.410 e. The zero-order valence-corrected chi connectivity index (χ0v) is 14.4. The maximum absolute atomic E-state index is 12.2. The Kier molecular flexibility index (Phi) is 4.32. The molecule has 0 aromatic carbocycles. The van der Waals surface area contributed by atoms with E-state index in [1.807, 2.05) is 37.0 Å². The van der Waals surface area contributed by atoms with E-state index in [1.54, 1.807) is 0 Å². The van der Waals surface area contributed by atoms with Crippen LogP contribution in [0.1, 0.15) is 31.2 Å². The van der Waals surface area contributed by atoms with E-state index in [-0.39, 0.29) is 6.09 Å². The Morgan fingerprint density at radius 2 is 2.00 bits per heavy atom. The average molecular weight is 324 g/mol. The number of fused-ring (bicyclic) bond motifs is 1. The quantitative estimate of drug-likeness (QED) is 0.796. The minimum atomic E-state index is -0.440. The Balaban J connectivity index is 1.68. The molecule has 3 heterocycles. The number of rotatable bonds is 1. The van der Waals surface area contributed by atoms with Gasteiger partial charge in [0.25, 0.3) is 0 Å². The number of morpholine rings is 1. The molecule has 6 heteroatoms. The third-order valence-electron chi connectivity index (χ3n) is 3.83. The van der Waals surface area contributed by atoms with Gasteiger partial charge >= 0.3 is 6.09 Å². The highest BCUT2D eigenvalue weighted by Gasteiger charge is 2.27. The first-order chi connectivity index (χ1) is 10.4. The van der Waals surface area contributed by atoms with Crippen LogP contribution in [0.3, 0.4) is 0 Å². The lowest BCUT2D eigenvalue weighted by molar-refractivity contribution is 0.0225. The van der Waals surface area contributed by atoms with Gasteiger partial charge in [-0.15, -0.1) is 11.3 Å². The fourth-order valence-corrected chi connectivity index (χ4v) is 3.95. The molecule has 122 valence electrons. The highest BCUT2D eigenvalue weighted by Crippen LogP contribution is 2.34. The van der Waals surface area contributed by atoms with Crippen LogP contribution < -0.4 is 4.90 Å². The van der Waals surface area contributed by atoms with Gasteiger partial charge < -0.3 is 19.3 Å². The average Bonchev–Trinajstić information content (AvgIpc) is 2.89. The molecular weight excluding hydrogens is 300 g/mol. The summed E-state index contributed by atoms with van der Waals surface area (Å²) in [4.78, 5) is 17.8. The molecule has 0 spiro atoms. The normalized spacial score (nSPS) is 19.0. The number of carbonyl (C=O) groups excluding carboxylic acids is 1. The first kappa shape index (κ1) is 15.6. The van der Waals surface area contributed by atoms with Crippen molar-refractivity contribution in [1.82, 2.24) is 4.90 Å². The fraction of sp³-hybridized carbons (Fsp3) is 0.688. The molecule has 1 aromatic rings. The number of ether oxygens (including phenoxy) is 2. The van der Waals surface area contributed by atoms with E-state index in [4.69, 9.17) is 9.47 Å². The summed E-state index contributed by atoms with van der Waals surface area (Å²) in [7, 11) is 0. The van der Waals surface area contributed by atoms with Crippen LogP contribution >= 0.6 is 11.3 Å². The van der Waals surface area contributed by atoms with Crippen molar-refractivity contribution in [2.24, 2.45) is 0 Å². The lowest BCUT2D eigenvalue weighted by Gasteiger charge is -2.29. The van der Waals surface area contributed by atoms with E-state index in [0.717, 1.165) is 39.3 Å². The van der Waals surface area contributed by atoms with Crippen molar-refractivity contribution in [2.75, 3.05) is 37.7 Å². The summed E-state index contributed by atoms with van der Waals surface area (Å²) < 4.78 is 10.9. The maximum atomic E-state index is 12.2. The molecule has 0 aliphatic carbocycles. The molecular formula is C16H24N2O3S. The van der Waals surface area contributed by atoms with Gasteiger partial charge in [0.2, 0.25) is 0 Å². The second-order valence-corrected chi connectivity index (χ2v) is 7.90. The van der Waals surface area contributed by atoms with Crippen molar-refractivity contribution in [1.29, 1.82) is 0 Å². The summed E-state index contributed by atoms with van der Waals surface area (Å²) in [6, 6.07) is 2.24. The summed E-state index contributed by atoms with van der Waals surface area (Å²) in [5.41, 5.74) is 0.828. The highest BCUT2D eigenvalue weighted by atomic mass is 32.1. The molecule has 2 aliphatic heterocycles. The van der Waals surface area contributed by atoms with Crippen LogP contribution in [0.2, 0.25) is 0 Å². The van der Waals surface area contributed by atoms with E-state index >= 15 is 0 Å². The fourth-order valence-electron chi connectivity index (χ4n) is 2.74. The highest BCUT2D eigenvalue weighted by molar-refractivity contribution is 7.16. The van der Waals surface area contributed by atoms with E-state index in [1.165, 1.54) is 15.4 Å². The van der Waals surface area contributed by atoms with Crippen molar-refractivity contribution in [3.63, 3.8) is 0 Å². The van der Waals surface area contributed by atoms with Crippen molar-refractivity contribution in [3.8, 4) is 0 Å². The Morgan fingerprint density at radius 3 is 2.68 bits per heavy atom. The number of hydrogen-bond donors (Lipinski definition) is 0. The molecule has 1 aromatic heterocycles. The molecule has 0 radical (unpaired) electrons. The van der Waals surface area contributed by atoms with Crippen molar-refractivity contribution in [2.45, 2.75) is 39.3 Å². The summed E-state index contributed by atoms with van der Waals surface area (Å²) in [6.45, 7) is 10.6. The predicted molar refractivity (Wildman–Crippen MR) is 87.7 cm³/mol. The molecule has 1 amide bonds. The number of thiophene rings is 1. The maximum Gasteiger partial charge on any atom is 0.410 e. The first-order valence-corrected chi connectivity index (χ1v) is 8.66. The van der Waals surface area contributed by atoms with Crippen molar-refractivity contribution in [3.05, 3.63) is 16.5 Å². The van der Waals surface area contributed by atoms with Crippen molar-refractivity contribution >= 4 is 22.4 Å². The Morgan fingerprint density at radius 1 is 1.27 bits per heavy atom. The second kappa shape index (κ2) is 6.08. The summed E-state index contributed by atoms with van der Waals surface area (Å²) in [5.74, 6) is 0. The van der Waals surface area contributed by atoms with Crippen LogP contribution in [0.25, 0.3) is 0 Å². The largest absolute Gasteiger partial charge is 0.444 e. The van der Waals surface area contributed by atoms with E-state index in [9.17, 15) is 4.79 Å². The monoisotopic (exact) mass is 324 g/mol. The van der Waals surface area contributed by atoms with Gasteiger partial charge in [-0.25, -0.2) is 4.79 Å². The molecule has 1 fully saturated rings. The second-order valence-electron chi connectivity index (χ2n) is 6.78. The van der Waals surface area contributed by atoms with Gasteiger partial charge in [0.05, 0.1) is 24.8 Å². The molecule has 22 heavy (non-hydrogen) atoms. The summed E-state index contributed by atoms with van der Waals surface area (Å²) >= 11 is 1.86. The van der Waals surface area contributed by atoms with Crippen LogP contribution in [-0.2, 0) is 22.4 Å². The molecule has 0 bridgehead atoms. The van der Waals surface area contributed by atoms with Gasteiger partial charge in [-0.1, -0.05) is 0 Å². The molecule has 1 saturated heterocycles. The lowest BCUT2D eigenvalue weighted by Crippen LogP contribution is -2.39. The Hall–Kier alpha value is -1.27. The van der Waals surface area contributed by atoms with Gasteiger partial charge in [0.1, 0.15) is 5.60 Å². The van der Waals surface area contributed by atoms with Crippen LogP contribution in [0.4, 0.5) is 9.80 Å². The molecule has 3 rings (SSSR count). The van der Waals surface area contributed by atoms with E-state index < -0.39 is 5.60 Å². The SMILES string of the molecule is CC(C)(C)OC(=O)N1CCc2sc(N3CCOCC3)cc2C1. The summed E-state index contributed by atoms with van der Waals surface area (Å²) in [6.07, 6.45) is 0.709. The standard InChI is InChI=1S/C16H24N2O3S/c1-16(2,3)21-15(19)18-5-4-13-12(11-18)10-14(22-13)17-6-8-20-9-7-17/h10H,4-9,11H2,1-3H3. The van der Waals surface area contributed by atoms with Gasteiger partial charge in [0.15, 0.2) is 0 Å². The minimum Gasteiger partial charge on any atom is -0.444 e. The first-order valence-electron chi connectivity index (χ1n) is 7.84. The number of amides is 1. The topological polar surface area (TPSA) is 42.0 Å². The van der Waals surface area contributed by atoms with E-state index in [0.29, 0.717) is 6.54 Å². The Labute approximate surface area is 135 Å². The number of hydrogen-bond acceptors (Lipinski definition) is 5. The molecule has 0 saturated carbocycles. The minimum absolute atomic E-state index is 0.211. The van der Waals surface area contributed by atoms with Gasteiger partial charge in [0, 0.05) is 24.5 Å².